The number of thiazole rings is 1. The molecule has 0 aliphatic carbocycles. The topological polar surface area (TPSA) is 28.2 Å². The fourth-order valence-corrected chi connectivity index (χ4v) is 5.24. The van der Waals surface area contributed by atoms with Crippen LogP contribution in [-0.2, 0) is 0 Å². The molecular weight excluding hydrogens is 314 g/mol. The number of rotatable bonds is 2. The molecule has 2 saturated heterocycles. The number of fused-ring (bicyclic) bond motifs is 1. The van der Waals surface area contributed by atoms with Crippen molar-refractivity contribution in [1.29, 1.82) is 0 Å². The Morgan fingerprint density at radius 3 is 2.79 bits per heavy atom. The van der Waals surface area contributed by atoms with E-state index in [0.29, 0.717) is 12.0 Å². The summed E-state index contributed by atoms with van der Waals surface area (Å²) in [5, 5.41) is 5.02. The normalized spacial score (nSPS) is 30.9. The zero-order valence-electron chi connectivity index (χ0n) is 15.3. The van der Waals surface area contributed by atoms with Gasteiger partial charge in [-0.15, -0.1) is 11.3 Å². The van der Waals surface area contributed by atoms with E-state index in [-0.39, 0.29) is 5.54 Å². The lowest BCUT2D eigenvalue weighted by Crippen LogP contribution is -2.34. The molecule has 1 aromatic carbocycles. The molecule has 2 aliphatic rings. The molecule has 0 spiro atoms. The summed E-state index contributed by atoms with van der Waals surface area (Å²) >= 11 is 1.89. The van der Waals surface area contributed by atoms with E-state index in [9.17, 15) is 0 Å². The van der Waals surface area contributed by atoms with Gasteiger partial charge in [0.2, 0.25) is 0 Å². The molecule has 4 heteroatoms. The maximum Gasteiger partial charge on any atom is 0.0983 e. The second kappa shape index (κ2) is 6.08. The van der Waals surface area contributed by atoms with Crippen molar-refractivity contribution in [2.75, 3.05) is 20.1 Å². The fourth-order valence-electron chi connectivity index (χ4n) is 4.20. The molecule has 1 aromatic heterocycles. The molecule has 0 radical (unpaired) electrons. The molecule has 0 bridgehead atoms. The van der Waals surface area contributed by atoms with Crippen LogP contribution >= 0.6 is 11.3 Å². The summed E-state index contributed by atoms with van der Waals surface area (Å²) in [7, 11) is 2.24. The average Bonchev–Trinajstić information content (AvgIpc) is 3.08. The molecule has 3 heterocycles. The lowest BCUT2D eigenvalue weighted by atomic mass is 9.92. The van der Waals surface area contributed by atoms with Gasteiger partial charge in [-0.25, -0.2) is 4.98 Å². The first-order chi connectivity index (χ1) is 11.4. The van der Waals surface area contributed by atoms with Gasteiger partial charge in [-0.1, -0.05) is 13.0 Å². The molecule has 0 saturated carbocycles. The van der Waals surface area contributed by atoms with Crippen LogP contribution in [0.15, 0.2) is 18.2 Å². The van der Waals surface area contributed by atoms with Gasteiger partial charge < -0.3 is 10.2 Å². The third-order valence-electron chi connectivity index (χ3n) is 6.11. The third kappa shape index (κ3) is 3.00. The van der Waals surface area contributed by atoms with Crippen LogP contribution in [-0.4, -0.2) is 35.6 Å². The quantitative estimate of drug-likeness (QED) is 0.867. The summed E-state index contributed by atoms with van der Waals surface area (Å²) < 4.78 is 1.34. The molecule has 3 nitrogen and oxygen atoms in total. The van der Waals surface area contributed by atoms with Crippen molar-refractivity contribution in [3.05, 3.63) is 28.8 Å². The molecule has 1 N–H and O–H groups in total. The Bertz CT molecular complexity index is 728. The largest absolute Gasteiger partial charge is 0.310 e. The van der Waals surface area contributed by atoms with E-state index < -0.39 is 0 Å². The molecule has 2 aliphatic heterocycles. The van der Waals surface area contributed by atoms with Gasteiger partial charge in [0.05, 0.1) is 15.2 Å². The number of hydrogen-bond donors (Lipinski definition) is 1. The molecule has 3 atom stereocenters. The first kappa shape index (κ1) is 16.5. The maximum atomic E-state index is 5.03. The molecule has 1 unspecified atom stereocenters. The maximum absolute atomic E-state index is 5.03. The molecule has 2 fully saturated rings. The third-order valence-corrected chi connectivity index (χ3v) is 7.31. The Kier molecular flexibility index (Phi) is 4.18. The lowest BCUT2D eigenvalue weighted by Gasteiger charge is -2.28. The van der Waals surface area contributed by atoms with Gasteiger partial charge in [0.15, 0.2) is 0 Å². The van der Waals surface area contributed by atoms with E-state index in [1.54, 1.807) is 0 Å². The van der Waals surface area contributed by atoms with Crippen LogP contribution in [0.5, 0.6) is 0 Å². The van der Waals surface area contributed by atoms with Gasteiger partial charge in [0.25, 0.3) is 0 Å². The molecule has 24 heavy (non-hydrogen) atoms. The lowest BCUT2D eigenvalue weighted by molar-refractivity contribution is 0.218. The van der Waals surface area contributed by atoms with Crippen LogP contribution in [0.2, 0.25) is 0 Å². The highest BCUT2D eigenvalue weighted by Gasteiger charge is 2.37. The Labute approximate surface area is 149 Å². The fraction of sp³-hybridized carbons (Fsp3) is 0.650. The highest BCUT2D eigenvalue weighted by atomic mass is 32.1. The minimum atomic E-state index is 0.288. The second-order valence-electron chi connectivity index (χ2n) is 8.52. The zero-order valence-corrected chi connectivity index (χ0v) is 16.1. The Balaban J connectivity index is 1.58. The van der Waals surface area contributed by atoms with Crippen molar-refractivity contribution < 1.29 is 0 Å². The van der Waals surface area contributed by atoms with Gasteiger partial charge in [0.1, 0.15) is 0 Å². The van der Waals surface area contributed by atoms with E-state index in [4.69, 9.17) is 4.98 Å². The summed E-state index contributed by atoms with van der Waals surface area (Å²) in [6, 6.07) is 7.43. The molecule has 2 aromatic rings. The Morgan fingerprint density at radius 1 is 1.29 bits per heavy atom. The zero-order chi connectivity index (χ0) is 16.9. The van der Waals surface area contributed by atoms with Crippen molar-refractivity contribution in [1.82, 2.24) is 15.2 Å². The molecule has 4 rings (SSSR count). The highest BCUT2D eigenvalue weighted by molar-refractivity contribution is 7.18. The number of likely N-dealkylation sites (N-methyl/N-ethyl adjacent to an activating group) is 1. The Morgan fingerprint density at radius 2 is 2.12 bits per heavy atom. The van der Waals surface area contributed by atoms with Crippen LogP contribution in [0, 0.1) is 5.92 Å². The van der Waals surface area contributed by atoms with Crippen LogP contribution in [0.25, 0.3) is 10.2 Å². The van der Waals surface area contributed by atoms with Crippen molar-refractivity contribution in [2.24, 2.45) is 5.92 Å². The van der Waals surface area contributed by atoms with Gasteiger partial charge in [-0.05, 0) is 70.3 Å². The monoisotopic (exact) mass is 343 g/mol. The van der Waals surface area contributed by atoms with Gasteiger partial charge in [-0.2, -0.15) is 0 Å². The average molecular weight is 344 g/mol. The van der Waals surface area contributed by atoms with Gasteiger partial charge >= 0.3 is 0 Å². The van der Waals surface area contributed by atoms with E-state index in [0.717, 1.165) is 19.0 Å². The first-order valence-electron chi connectivity index (χ1n) is 9.27. The molecular formula is C20H29N3S. The predicted molar refractivity (Wildman–Crippen MR) is 103 cm³/mol. The van der Waals surface area contributed by atoms with E-state index >= 15 is 0 Å². The van der Waals surface area contributed by atoms with Crippen LogP contribution in [0.1, 0.15) is 62.6 Å². The van der Waals surface area contributed by atoms with Crippen LogP contribution in [0.4, 0.5) is 0 Å². The van der Waals surface area contributed by atoms with Crippen LogP contribution in [0.3, 0.4) is 0 Å². The summed E-state index contributed by atoms with van der Waals surface area (Å²) in [5.74, 6) is 1.39. The smallest absolute Gasteiger partial charge is 0.0983 e. The van der Waals surface area contributed by atoms with E-state index in [2.05, 4.69) is 56.2 Å². The predicted octanol–water partition coefficient (Wildman–Crippen LogP) is 4.55. The summed E-state index contributed by atoms with van der Waals surface area (Å²) in [6.45, 7) is 9.28. The highest BCUT2D eigenvalue weighted by Crippen LogP contribution is 2.40. The number of hydrogen-bond acceptors (Lipinski definition) is 4. The molecule has 130 valence electrons. The van der Waals surface area contributed by atoms with Crippen molar-refractivity contribution in [2.45, 2.75) is 57.5 Å². The van der Waals surface area contributed by atoms with Crippen LogP contribution < -0.4 is 5.32 Å². The standard InChI is InChI=1S/C20H29N3S/c1-13-5-7-16(21-11-13)14-6-8-18-17(9-14)22-19(24-18)15-10-20(2,3)23(4)12-15/h6,8-9,13,15-16,21H,5,7,10-12H2,1-4H3/t13-,15?,16+/m0/s1. The summed E-state index contributed by atoms with van der Waals surface area (Å²) in [6.07, 6.45) is 3.77. The van der Waals surface area contributed by atoms with E-state index in [1.165, 1.54) is 40.1 Å². The number of aromatic nitrogens is 1. The SMILES string of the molecule is C[C@H]1CC[C@H](c2ccc3sc(C4CN(C)C(C)(C)C4)nc3c2)NC1. The van der Waals surface area contributed by atoms with Gasteiger partial charge in [0, 0.05) is 24.0 Å². The molecule has 0 amide bonds. The number of nitrogens with one attached hydrogen (secondary N) is 1. The van der Waals surface area contributed by atoms with Crippen molar-refractivity contribution >= 4 is 21.6 Å². The summed E-state index contributed by atoms with van der Waals surface area (Å²) in [4.78, 5) is 7.50. The first-order valence-corrected chi connectivity index (χ1v) is 10.1. The van der Waals surface area contributed by atoms with Crippen molar-refractivity contribution in [3.63, 3.8) is 0 Å². The van der Waals surface area contributed by atoms with Crippen molar-refractivity contribution in [3.8, 4) is 0 Å². The number of piperidine rings is 1. The number of benzene rings is 1. The second-order valence-corrected chi connectivity index (χ2v) is 9.58. The summed E-state index contributed by atoms with van der Waals surface area (Å²) in [5.41, 5.74) is 2.89. The minimum absolute atomic E-state index is 0.288. The van der Waals surface area contributed by atoms with E-state index in [1.807, 2.05) is 11.3 Å². The number of likely N-dealkylation sites (tertiary alicyclic amines) is 1. The Hall–Kier alpha value is -0.970. The number of nitrogens with zero attached hydrogens (tertiary/aromatic N) is 2. The van der Waals surface area contributed by atoms with Gasteiger partial charge in [-0.3, -0.25) is 0 Å². The minimum Gasteiger partial charge on any atom is -0.310 e.